The molecule has 1 heterocycles. The molecule has 2 aromatic rings. The molecule has 0 saturated carbocycles. The lowest BCUT2D eigenvalue weighted by Crippen LogP contribution is -1.96. The fourth-order valence-electron chi connectivity index (χ4n) is 1.77. The smallest absolute Gasteiger partial charge is 0.152 e. The van der Waals surface area contributed by atoms with Crippen molar-refractivity contribution >= 4 is 17.9 Å². The largest absolute Gasteiger partial charge is 0.298 e. The number of nitrogens with zero attached hydrogens (tertiary/aromatic N) is 1. The first kappa shape index (κ1) is 12.7. The number of pyridine rings is 1. The maximum atomic E-state index is 14.2. The molecule has 0 saturated heterocycles. The average Bonchev–Trinajstić information content (AvgIpc) is 2.36. The monoisotopic (exact) mass is 263 g/mol. The Morgan fingerprint density at radius 1 is 1.28 bits per heavy atom. The molecule has 0 aliphatic carbocycles. The number of rotatable bonds is 2. The minimum Gasteiger partial charge on any atom is -0.298 e. The highest BCUT2D eigenvalue weighted by atomic mass is 35.5. The lowest BCUT2D eigenvalue weighted by molar-refractivity contribution is 0.112. The van der Waals surface area contributed by atoms with Crippen LogP contribution in [0.1, 0.15) is 21.6 Å². The summed E-state index contributed by atoms with van der Waals surface area (Å²) in [5.41, 5.74) is 2.36. The third-order valence-electron chi connectivity index (χ3n) is 2.81. The highest BCUT2D eigenvalue weighted by molar-refractivity contribution is 6.31. The molecule has 2 nitrogen and oxygen atoms in total. The SMILES string of the molecule is Cc1cc(-c2ccc(Cl)c(C)c2F)c(C=O)cn1. The Hall–Kier alpha value is -1.74. The second-order valence-corrected chi connectivity index (χ2v) is 4.47. The van der Waals surface area contributed by atoms with E-state index in [4.69, 9.17) is 11.6 Å². The van der Waals surface area contributed by atoms with Gasteiger partial charge >= 0.3 is 0 Å². The minimum absolute atomic E-state index is 0.362. The number of aldehydes is 1. The average molecular weight is 264 g/mol. The van der Waals surface area contributed by atoms with Gasteiger partial charge in [0.25, 0.3) is 0 Å². The first-order valence-electron chi connectivity index (χ1n) is 5.41. The molecule has 0 atom stereocenters. The summed E-state index contributed by atoms with van der Waals surface area (Å²) in [6, 6.07) is 4.89. The van der Waals surface area contributed by atoms with E-state index in [0.717, 1.165) is 5.69 Å². The normalized spacial score (nSPS) is 10.4. The molecule has 0 bridgehead atoms. The van der Waals surface area contributed by atoms with Crippen LogP contribution in [-0.4, -0.2) is 11.3 Å². The second-order valence-electron chi connectivity index (χ2n) is 4.06. The molecule has 18 heavy (non-hydrogen) atoms. The van der Waals surface area contributed by atoms with Gasteiger partial charge in [-0.25, -0.2) is 4.39 Å². The summed E-state index contributed by atoms with van der Waals surface area (Å²) in [6.07, 6.45) is 2.12. The van der Waals surface area contributed by atoms with Gasteiger partial charge in [-0.1, -0.05) is 11.6 Å². The molecule has 0 radical (unpaired) electrons. The van der Waals surface area contributed by atoms with Gasteiger partial charge in [0, 0.05) is 33.6 Å². The Bertz CT molecular complexity index is 625. The maximum absolute atomic E-state index is 14.2. The van der Waals surface area contributed by atoms with E-state index in [0.29, 0.717) is 33.6 Å². The molecule has 0 spiro atoms. The fraction of sp³-hybridized carbons (Fsp3) is 0.143. The van der Waals surface area contributed by atoms with Crippen molar-refractivity contribution < 1.29 is 9.18 Å². The molecule has 4 heteroatoms. The zero-order chi connectivity index (χ0) is 13.3. The number of benzene rings is 1. The summed E-state index contributed by atoms with van der Waals surface area (Å²) >= 11 is 5.86. The van der Waals surface area contributed by atoms with Crippen molar-refractivity contribution in [2.75, 3.05) is 0 Å². The van der Waals surface area contributed by atoms with Crippen LogP contribution in [0.3, 0.4) is 0 Å². The van der Waals surface area contributed by atoms with Gasteiger partial charge in [-0.3, -0.25) is 9.78 Å². The molecule has 1 aromatic heterocycles. The van der Waals surface area contributed by atoms with Crippen molar-refractivity contribution in [2.24, 2.45) is 0 Å². The first-order valence-corrected chi connectivity index (χ1v) is 5.79. The summed E-state index contributed by atoms with van der Waals surface area (Å²) in [4.78, 5) is 15.0. The highest BCUT2D eigenvalue weighted by Gasteiger charge is 2.14. The van der Waals surface area contributed by atoms with Crippen LogP contribution in [0, 0.1) is 19.7 Å². The highest BCUT2D eigenvalue weighted by Crippen LogP contribution is 2.30. The number of halogens is 2. The van der Waals surface area contributed by atoms with E-state index in [2.05, 4.69) is 4.98 Å². The van der Waals surface area contributed by atoms with Crippen LogP contribution in [0.15, 0.2) is 24.4 Å². The molecule has 0 fully saturated rings. The van der Waals surface area contributed by atoms with E-state index in [-0.39, 0.29) is 0 Å². The van der Waals surface area contributed by atoms with E-state index in [1.54, 1.807) is 32.0 Å². The fourth-order valence-corrected chi connectivity index (χ4v) is 1.91. The van der Waals surface area contributed by atoms with Crippen molar-refractivity contribution in [3.05, 3.63) is 52.1 Å². The van der Waals surface area contributed by atoms with Gasteiger partial charge in [-0.15, -0.1) is 0 Å². The summed E-state index contributed by atoms with van der Waals surface area (Å²) < 4.78 is 14.2. The third-order valence-corrected chi connectivity index (χ3v) is 3.22. The zero-order valence-corrected chi connectivity index (χ0v) is 10.8. The molecule has 2 rings (SSSR count). The van der Waals surface area contributed by atoms with Crippen molar-refractivity contribution in [1.29, 1.82) is 0 Å². The van der Waals surface area contributed by atoms with Crippen LogP contribution < -0.4 is 0 Å². The maximum Gasteiger partial charge on any atom is 0.152 e. The number of hydrogen-bond donors (Lipinski definition) is 0. The molecule has 1 aromatic carbocycles. The summed E-state index contributed by atoms with van der Waals surface area (Å²) in [6.45, 7) is 3.40. The van der Waals surface area contributed by atoms with E-state index in [1.165, 1.54) is 6.20 Å². The quantitative estimate of drug-likeness (QED) is 0.768. The first-order chi connectivity index (χ1) is 8.54. The predicted octanol–water partition coefficient (Wildman–Crippen LogP) is 3.97. The number of carbonyl (C=O) groups excluding carboxylic acids is 1. The number of aryl methyl sites for hydroxylation is 1. The minimum atomic E-state index is -0.406. The van der Waals surface area contributed by atoms with Crippen molar-refractivity contribution in [3.63, 3.8) is 0 Å². The molecule has 0 N–H and O–H groups in total. The lowest BCUT2D eigenvalue weighted by atomic mass is 9.99. The summed E-state index contributed by atoms with van der Waals surface area (Å²) in [7, 11) is 0. The lowest BCUT2D eigenvalue weighted by Gasteiger charge is -2.10. The molecule has 0 aliphatic heterocycles. The van der Waals surface area contributed by atoms with Crippen LogP contribution in [0.25, 0.3) is 11.1 Å². The van der Waals surface area contributed by atoms with Crippen molar-refractivity contribution in [2.45, 2.75) is 13.8 Å². The van der Waals surface area contributed by atoms with Gasteiger partial charge in [0.05, 0.1) is 0 Å². The van der Waals surface area contributed by atoms with Gasteiger partial charge in [0.2, 0.25) is 0 Å². The Labute approximate surface area is 109 Å². The number of carbonyl (C=O) groups is 1. The van der Waals surface area contributed by atoms with Crippen molar-refractivity contribution in [3.8, 4) is 11.1 Å². The Morgan fingerprint density at radius 2 is 2.00 bits per heavy atom. The van der Waals surface area contributed by atoms with E-state index in [9.17, 15) is 9.18 Å². The standard InChI is InChI=1S/C14H11ClFNO/c1-8-5-12(10(7-18)6-17-8)11-3-4-13(15)9(2)14(11)16/h3-7H,1-2H3. The molecular formula is C14H11ClFNO. The van der Waals surface area contributed by atoms with E-state index >= 15 is 0 Å². The molecule has 92 valence electrons. The van der Waals surface area contributed by atoms with Gasteiger partial charge in [-0.2, -0.15) is 0 Å². The van der Waals surface area contributed by atoms with Gasteiger partial charge < -0.3 is 0 Å². The molecular weight excluding hydrogens is 253 g/mol. The predicted molar refractivity (Wildman–Crippen MR) is 69.5 cm³/mol. The second kappa shape index (κ2) is 4.86. The summed E-state index contributed by atoms with van der Waals surface area (Å²) in [5.74, 6) is -0.406. The third kappa shape index (κ3) is 2.14. The van der Waals surface area contributed by atoms with E-state index in [1.807, 2.05) is 0 Å². The van der Waals surface area contributed by atoms with Gasteiger partial charge in [0.15, 0.2) is 6.29 Å². The Morgan fingerprint density at radius 3 is 2.67 bits per heavy atom. The van der Waals surface area contributed by atoms with Crippen LogP contribution in [-0.2, 0) is 0 Å². The van der Waals surface area contributed by atoms with Gasteiger partial charge in [0.1, 0.15) is 5.82 Å². The summed E-state index contributed by atoms with van der Waals surface area (Å²) in [5, 5.41) is 0.370. The molecule has 0 aliphatic rings. The topological polar surface area (TPSA) is 30.0 Å². The number of hydrogen-bond acceptors (Lipinski definition) is 2. The molecule has 0 amide bonds. The van der Waals surface area contributed by atoms with Crippen LogP contribution in [0.5, 0.6) is 0 Å². The molecule has 0 unspecified atom stereocenters. The van der Waals surface area contributed by atoms with Crippen molar-refractivity contribution in [1.82, 2.24) is 4.98 Å². The van der Waals surface area contributed by atoms with E-state index < -0.39 is 5.82 Å². The van der Waals surface area contributed by atoms with Crippen LogP contribution in [0.2, 0.25) is 5.02 Å². The van der Waals surface area contributed by atoms with Crippen LogP contribution in [0.4, 0.5) is 4.39 Å². The number of aromatic nitrogens is 1. The Kier molecular flexibility index (Phi) is 3.43. The van der Waals surface area contributed by atoms with Crippen LogP contribution >= 0.6 is 11.6 Å². The zero-order valence-electron chi connectivity index (χ0n) is 10.00. The Balaban J connectivity index is 2.72. The van der Waals surface area contributed by atoms with Gasteiger partial charge in [-0.05, 0) is 37.6 Å².